The van der Waals surface area contributed by atoms with Crippen LogP contribution in [0.1, 0.15) is 106 Å². The lowest BCUT2D eigenvalue weighted by atomic mass is 9.44. The third-order valence-corrected chi connectivity index (χ3v) is 14.5. The van der Waals surface area contributed by atoms with E-state index in [1.54, 1.807) is 66.7 Å². The number of aliphatic hydroxyl groups is 2. The number of amides is 1. The van der Waals surface area contributed by atoms with Crippen molar-refractivity contribution >= 4 is 47.5 Å². The molecule has 7 rings (SSSR count). The molecule has 3 aromatic rings. The number of benzene rings is 3. The van der Waals surface area contributed by atoms with E-state index in [2.05, 4.69) is 5.32 Å². The van der Waals surface area contributed by atoms with Crippen molar-refractivity contribution in [1.82, 2.24) is 5.32 Å². The summed E-state index contributed by atoms with van der Waals surface area (Å²) in [6.07, 6.45) is -12.0. The minimum Gasteiger partial charge on any atom is -0.481 e. The van der Waals surface area contributed by atoms with E-state index in [0.717, 1.165) is 13.8 Å². The predicted molar refractivity (Wildman–Crippen MR) is 243 cm³/mol. The molecule has 0 spiro atoms. The minimum absolute atomic E-state index is 0.0272. The molecule has 11 atom stereocenters. The number of carboxylic acids is 1. The third kappa shape index (κ3) is 9.34. The molecule has 2 bridgehead atoms. The molecular formula is C52H57NO17. The Hall–Kier alpha value is -6.76. The highest BCUT2D eigenvalue weighted by atomic mass is 16.6. The van der Waals surface area contributed by atoms with Crippen molar-refractivity contribution in [3.8, 4) is 0 Å². The molecule has 4 N–H and O–H groups in total. The smallest absolute Gasteiger partial charge is 0.350 e. The van der Waals surface area contributed by atoms with Crippen LogP contribution in [0.4, 0.5) is 0 Å². The molecule has 70 heavy (non-hydrogen) atoms. The number of fused-ring (bicyclic) bond motifs is 5. The zero-order valence-corrected chi connectivity index (χ0v) is 39.6. The number of ether oxygens (including phenoxy) is 6. The summed E-state index contributed by atoms with van der Waals surface area (Å²) in [5.74, 6) is -9.41. The monoisotopic (exact) mass is 967 g/mol. The normalized spacial score (nSPS) is 29.4. The summed E-state index contributed by atoms with van der Waals surface area (Å²) >= 11 is 0. The lowest BCUT2D eigenvalue weighted by molar-refractivity contribution is -0.346. The fourth-order valence-electron chi connectivity index (χ4n) is 10.9. The van der Waals surface area contributed by atoms with E-state index in [1.807, 2.05) is 0 Å². The summed E-state index contributed by atoms with van der Waals surface area (Å²) in [4.78, 5) is 110. The fraction of sp³-hybridized carbons (Fsp3) is 0.462. The maximum absolute atomic E-state index is 15.7. The Kier molecular flexibility index (Phi) is 14.5. The van der Waals surface area contributed by atoms with Crippen LogP contribution in [0.15, 0.2) is 102 Å². The molecule has 3 aliphatic carbocycles. The number of ketones is 1. The highest BCUT2D eigenvalue weighted by Gasteiger charge is 2.78. The highest BCUT2D eigenvalue weighted by Crippen LogP contribution is 2.64. The maximum Gasteiger partial charge on any atom is 0.350 e. The number of Topliss-reactive ketones (excluding diaryl/α,β-unsaturated/α-hetero) is 1. The molecule has 2 saturated carbocycles. The van der Waals surface area contributed by atoms with E-state index in [9.17, 15) is 44.1 Å². The summed E-state index contributed by atoms with van der Waals surface area (Å²) in [6.45, 7) is 7.73. The summed E-state index contributed by atoms with van der Waals surface area (Å²) < 4.78 is 36.5. The third-order valence-electron chi connectivity index (χ3n) is 14.5. The topological polar surface area (TPSA) is 265 Å². The van der Waals surface area contributed by atoms with Crippen molar-refractivity contribution in [2.24, 2.45) is 16.7 Å². The first kappa shape index (κ1) is 51.1. The van der Waals surface area contributed by atoms with Crippen LogP contribution < -0.4 is 5.32 Å². The number of esters is 5. The average molecular weight is 968 g/mol. The van der Waals surface area contributed by atoms with Gasteiger partial charge in [-0.3, -0.25) is 28.8 Å². The van der Waals surface area contributed by atoms with Crippen LogP contribution in [0.3, 0.4) is 0 Å². The standard InChI is InChI=1S/C52H57NO17/c1-28-34(67-48(63)42(68-38(59)24-16-23-37(57)58)40(31-17-10-7-11-18-31)53-46(61)32-19-12-8-13-20-32)26-52(64)45(69-47(62)33-21-14-9-15-22-33)43-50(6,35(56)25-36-51(43,27-65-36)70-30(3)55)44(60)41(66-29(2)54)39(28)49(52,4)5/h7-15,17-22,34-36,40-43,45,56,64H,16,23-27H2,1-6H3,(H,53,61)(H,57,58)/t34-,35-,36+,40-,41+,42+,43-,45-,50+,51-,52+/m0/s1. The quantitative estimate of drug-likeness (QED) is 0.0925. The molecule has 4 aliphatic rings. The molecule has 1 amide bonds. The SMILES string of the molecule is CC(=O)O[C@H]1C(=O)[C@@]2(C)[C@H]([C@H](OC(=O)c3ccccc3)[C@]3(O)C[C@H](OC(=O)[C@H](OC(=O)CCCC(=O)O)[C@@H](NC(=O)c4ccccc4)c4ccccc4)C(C)=C1C3(C)C)[C@]1(OC(C)=O)CO[C@@H]1C[C@@H]2O. The first-order valence-electron chi connectivity index (χ1n) is 23.0. The van der Waals surface area contributed by atoms with Crippen LogP contribution in [0.5, 0.6) is 0 Å². The summed E-state index contributed by atoms with van der Waals surface area (Å²) in [5, 5.41) is 38.1. The number of nitrogens with one attached hydrogen (secondary N) is 1. The van der Waals surface area contributed by atoms with Crippen molar-refractivity contribution < 1.29 is 82.1 Å². The summed E-state index contributed by atoms with van der Waals surface area (Å²) in [5.41, 5.74) is -7.67. The zero-order valence-electron chi connectivity index (χ0n) is 39.6. The van der Waals surface area contributed by atoms with E-state index in [-0.39, 0.29) is 47.3 Å². The molecule has 18 heteroatoms. The lowest BCUT2D eigenvalue weighted by Crippen LogP contribution is -2.82. The number of carboxylic acid groups (broad SMARTS) is 1. The van der Waals surface area contributed by atoms with Gasteiger partial charge in [0.15, 0.2) is 17.5 Å². The molecule has 18 nitrogen and oxygen atoms in total. The molecular weight excluding hydrogens is 911 g/mol. The number of carbonyl (C=O) groups excluding carboxylic acids is 7. The van der Waals surface area contributed by atoms with Crippen molar-refractivity contribution in [3.63, 3.8) is 0 Å². The average Bonchev–Trinajstić information content (AvgIpc) is 3.31. The molecule has 0 aromatic heterocycles. The zero-order chi connectivity index (χ0) is 50.9. The second-order valence-electron chi connectivity index (χ2n) is 19.1. The Morgan fingerprint density at radius 1 is 0.814 bits per heavy atom. The molecule has 0 radical (unpaired) electrons. The number of carbonyl (C=O) groups is 8. The van der Waals surface area contributed by atoms with E-state index in [1.165, 1.54) is 52.0 Å². The van der Waals surface area contributed by atoms with Crippen molar-refractivity contribution in [3.05, 3.63) is 119 Å². The second kappa shape index (κ2) is 19.9. The predicted octanol–water partition coefficient (Wildman–Crippen LogP) is 4.54. The molecule has 372 valence electrons. The Labute approximate surface area is 403 Å². The van der Waals surface area contributed by atoms with Crippen molar-refractivity contribution in [2.45, 2.75) is 128 Å². The highest BCUT2D eigenvalue weighted by molar-refractivity contribution is 5.96. The number of hydrogen-bond donors (Lipinski definition) is 4. The Morgan fingerprint density at radius 2 is 1.41 bits per heavy atom. The molecule has 3 aromatic carbocycles. The number of rotatable bonds is 15. The maximum atomic E-state index is 15.7. The Morgan fingerprint density at radius 3 is 1.97 bits per heavy atom. The van der Waals surface area contributed by atoms with Gasteiger partial charge in [-0.05, 0) is 61.2 Å². The number of hydrogen-bond acceptors (Lipinski definition) is 16. The fourth-order valence-corrected chi connectivity index (χ4v) is 10.9. The van der Waals surface area contributed by atoms with Crippen LogP contribution in [0, 0.1) is 16.7 Å². The largest absolute Gasteiger partial charge is 0.481 e. The van der Waals surface area contributed by atoms with Crippen LogP contribution in [-0.4, -0.2) is 117 Å². The summed E-state index contributed by atoms with van der Waals surface area (Å²) in [6, 6.07) is 22.3. The van der Waals surface area contributed by atoms with Crippen LogP contribution in [0.25, 0.3) is 0 Å². The molecule has 0 unspecified atom stereocenters. The minimum atomic E-state index is -2.49. The van der Waals surface area contributed by atoms with Gasteiger partial charge in [-0.1, -0.05) is 80.6 Å². The van der Waals surface area contributed by atoms with Gasteiger partial charge in [-0.25, -0.2) is 9.59 Å². The van der Waals surface area contributed by atoms with Gasteiger partial charge in [0.05, 0.1) is 29.6 Å². The van der Waals surface area contributed by atoms with E-state index in [0.29, 0.717) is 0 Å². The van der Waals surface area contributed by atoms with E-state index >= 15 is 9.59 Å². The van der Waals surface area contributed by atoms with Gasteiger partial charge in [0.2, 0.25) is 6.10 Å². The van der Waals surface area contributed by atoms with Gasteiger partial charge >= 0.3 is 35.8 Å². The first-order valence-corrected chi connectivity index (χ1v) is 23.0. The van der Waals surface area contributed by atoms with Gasteiger partial charge < -0.3 is 49.1 Å². The van der Waals surface area contributed by atoms with Gasteiger partial charge in [0.25, 0.3) is 5.91 Å². The Bertz CT molecular complexity index is 2560. The molecule has 3 fully saturated rings. The lowest BCUT2D eigenvalue weighted by Gasteiger charge is -2.67. The van der Waals surface area contributed by atoms with Crippen molar-refractivity contribution in [1.29, 1.82) is 0 Å². The van der Waals surface area contributed by atoms with Crippen molar-refractivity contribution in [2.75, 3.05) is 6.61 Å². The molecule has 1 heterocycles. The number of aliphatic carboxylic acids is 1. The van der Waals surface area contributed by atoms with Crippen LogP contribution in [-0.2, 0) is 57.2 Å². The van der Waals surface area contributed by atoms with Crippen LogP contribution in [0.2, 0.25) is 0 Å². The van der Waals surface area contributed by atoms with Gasteiger partial charge in [-0.15, -0.1) is 0 Å². The van der Waals surface area contributed by atoms with Gasteiger partial charge in [0.1, 0.15) is 30.0 Å². The Balaban J connectivity index is 1.41. The number of aliphatic hydroxyl groups excluding tert-OH is 1. The van der Waals surface area contributed by atoms with E-state index < -0.39 is 137 Å². The summed E-state index contributed by atoms with van der Waals surface area (Å²) in [7, 11) is 0. The van der Waals surface area contributed by atoms with E-state index in [4.69, 9.17) is 28.4 Å². The second-order valence-corrected chi connectivity index (χ2v) is 19.1. The molecule has 1 aliphatic heterocycles. The van der Waals surface area contributed by atoms with Gasteiger partial charge in [0, 0.05) is 50.5 Å². The van der Waals surface area contributed by atoms with Gasteiger partial charge in [-0.2, -0.15) is 0 Å². The first-order chi connectivity index (χ1) is 33.1. The molecule has 1 saturated heterocycles. The van der Waals surface area contributed by atoms with Crippen LogP contribution >= 0.6 is 0 Å².